The van der Waals surface area contributed by atoms with Gasteiger partial charge in [0.15, 0.2) is 0 Å². The quantitative estimate of drug-likeness (QED) is 0.718. The third kappa shape index (κ3) is 1.65. The smallest absolute Gasteiger partial charge is 0.131 e. The van der Waals surface area contributed by atoms with E-state index in [1.165, 1.54) is 28.9 Å². The van der Waals surface area contributed by atoms with Crippen LogP contribution < -0.4 is 5.11 Å². The maximum Gasteiger partial charge on any atom is 0.131 e. The predicted octanol–water partition coefficient (Wildman–Crippen LogP) is 0.0783. The number of hydrogen-bond donors (Lipinski definition) is 0. The summed E-state index contributed by atoms with van der Waals surface area (Å²) in [6.07, 6.45) is 0. The van der Waals surface area contributed by atoms with Crippen LogP contribution in [0.25, 0.3) is 5.69 Å². The Hall–Kier alpha value is -2.24. The van der Waals surface area contributed by atoms with Crippen LogP contribution in [0, 0.1) is 12.7 Å². The second-order valence-electron chi connectivity index (χ2n) is 3.20. The highest BCUT2D eigenvalue weighted by Crippen LogP contribution is 2.12. The summed E-state index contributed by atoms with van der Waals surface area (Å²) in [5.41, 5.74) is 0.662. The first-order chi connectivity index (χ1) is 7.59. The topological polar surface area (TPSA) is 70.8 Å². The highest BCUT2D eigenvalue weighted by Gasteiger charge is 2.10. The molecule has 0 spiro atoms. The van der Waals surface area contributed by atoms with E-state index >= 15 is 0 Å². The summed E-state index contributed by atoms with van der Waals surface area (Å²) < 4.78 is 14.0. The molecule has 6 heteroatoms. The van der Waals surface area contributed by atoms with Crippen molar-refractivity contribution in [2.75, 3.05) is 0 Å². The number of aromatic carboxylic acids is 1. The van der Waals surface area contributed by atoms with Gasteiger partial charge in [-0.1, -0.05) is 5.21 Å². The van der Waals surface area contributed by atoms with E-state index in [0.717, 1.165) is 0 Å². The fourth-order valence-corrected chi connectivity index (χ4v) is 1.35. The lowest BCUT2D eigenvalue weighted by Crippen LogP contribution is -2.23. The van der Waals surface area contributed by atoms with Gasteiger partial charge in [0.05, 0.1) is 17.4 Å². The first-order valence-corrected chi connectivity index (χ1v) is 4.49. The number of carbonyl (C=O) groups excluding carboxylic acids is 1. The van der Waals surface area contributed by atoms with Crippen LogP contribution in [0.15, 0.2) is 24.3 Å². The van der Waals surface area contributed by atoms with Crippen LogP contribution in [0.4, 0.5) is 4.39 Å². The van der Waals surface area contributed by atoms with E-state index in [0.29, 0.717) is 11.4 Å². The summed E-state index contributed by atoms with van der Waals surface area (Å²) >= 11 is 0. The first kappa shape index (κ1) is 10.3. The molecule has 1 aromatic heterocycles. The molecule has 1 heterocycles. The number of aromatic nitrogens is 3. The number of carboxylic acids is 1. The zero-order chi connectivity index (χ0) is 11.7. The number of hydrogen-bond acceptors (Lipinski definition) is 4. The molecule has 0 amide bonds. The van der Waals surface area contributed by atoms with Gasteiger partial charge in [-0.2, -0.15) is 0 Å². The molecule has 0 aliphatic carbocycles. The molecule has 0 aliphatic heterocycles. The van der Waals surface area contributed by atoms with E-state index in [9.17, 15) is 14.3 Å². The Balaban J connectivity index is 2.49. The molecule has 0 radical (unpaired) electrons. The molecule has 0 N–H and O–H groups in total. The van der Waals surface area contributed by atoms with Crippen LogP contribution in [-0.2, 0) is 0 Å². The zero-order valence-electron chi connectivity index (χ0n) is 8.35. The minimum absolute atomic E-state index is 0.218. The van der Waals surface area contributed by atoms with Crippen molar-refractivity contribution < 1.29 is 14.3 Å². The second-order valence-corrected chi connectivity index (χ2v) is 3.20. The maximum absolute atomic E-state index is 12.7. The van der Waals surface area contributed by atoms with Crippen LogP contribution in [0.5, 0.6) is 0 Å². The predicted molar refractivity (Wildman–Crippen MR) is 50.4 cm³/mol. The zero-order valence-corrected chi connectivity index (χ0v) is 8.35. The van der Waals surface area contributed by atoms with Crippen molar-refractivity contribution in [2.24, 2.45) is 0 Å². The summed E-state index contributed by atoms with van der Waals surface area (Å²) in [6.45, 7) is 1.55. The first-order valence-electron chi connectivity index (χ1n) is 4.49. The van der Waals surface area contributed by atoms with Crippen LogP contribution in [0.2, 0.25) is 0 Å². The Morgan fingerprint density at radius 1 is 1.38 bits per heavy atom. The molecule has 0 fully saturated rings. The van der Waals surface area contributed by atoms with Crippen molar-refractivity contribution in [3.8, 4) is 5.69 Å². The standard InChI is InChI=1S/C10H8FN3O2/c1-6-9(10(15)16)12-13-14(6)8-4-2-7(11)3-5-8/h2-5H,1H3,(H,15,16)/p-1. The van der Waals surface area contributed by atoms with Crippen molar-refractivity contribution in [1.29, 1.82) is 0 Å². The largest absolute Gasteiger partial charge is 0.543 e. The fraction of sp³-hybridized carbons (Fsp3) is 0.100. The molecule has 1 aromatic carbocycles. The van der Waals surface area contributed by atoms with Gasteiger partial charge in [-0.15, -0.1) is 5.10 Å². The molecule has 0 saturated carbocycles. The van der Waals surface area contributed by atoms with E-state index in [1.54, 1.807) is 6.92 Å². The minimum atomic E-state index is -1.38. The SMILES string of the molecule is Cc1c(C(=O)[O-])nnn1-c1ccc(F)cc1. The molecule has 2 aromatic rings. The van der Waals surface area contributed by atoms with Gasteiger partial charge in [0.1, 0.15) is 11.5 Å². The lowest BCUT2D eigenvalue weighted by Gasteiger charge is -2.03. The van der Waals surface area contributed by atoms with Crippen LogP contribution in [-0.4, -0.2) is 21.0 Å². The number of nitrogens with zero attached hydrogens (tertiary/aromatic N) is 3. The summed E-state index contributed by atoms with van der Waals surface area (Å²) in [4.78, 5) is 10.6. The normalized spacial score (nSPS) is 10.4. The van der Waals surface area contributed by atoms with Gasteiger partial charge in [-0.3, -0.25) is 0 Å². The van der Waals surface area contributed by atoms with Crippen molar-refractivity contribution >= 4 is 5.97 Å². The van der Waals surface area contributed by atoms with Gasteiger partial charge in [-0.05, 0) is 31.2 Å². The van der Waals surface area contributed by atoms with E-state index in [2.05, 4.69) is 10.3 Å². The Morgan fingerprint density at radius 2 is 2.00 bits per heavy atom. The molecule has 0 aliphatic rings. The highest BCUT2D eigenvalue weighted by atomic mass is 19.1. The van der Waals surface area contributed by atoms with Crippen LogP contribution in [0.3, 0.4) is 0 Å². The monoisotopic (exact) mass is 220 g/mol. The van der Waals surface area contributed by atoms with Gasteiger partial charge in [0.25, 0.3) is 0 Å². The molecule has 2 rings (SSSR count). The van der Waals surface area contributed by atoms with Crippen molar-refractivity contribution in [2.45, 2.75) is 6.92 Å². The molecule has 0 atom stereocenters. The fourth-order valence-electron chi connectivity index (χ4n) is 1.35. The molecular weight excluding hydrogens is 213 g/mol. The van der Waals surface area contributed by atoms with Gasteiger partial charge in [0, 0.05) is 0 Å². The Labute approximate surface area is 90.1 Å². The molecular formula is C10H7FN3O2-. The summed E-state index contributed by atoms with van der Waals surface area (Å²) in [6, 6.07) is 5.48. The van der Waals surface area contributed by atoms with E-state index < -0.39 is 5.97 Å². The van der Waals surface area contributed by atoms with Gasteiger partial charge >= 0.3 is 0 Å². The summed E-state index contributed by atoms with van der Waals surface area (Å²) in [7, 11) is 0. The number of carbonyl (C=O) groups is 1. The van der Waals surface area contributed by atoms with Crippen LogP contribution in [0.1, 0.15) is 16.2 Å². The third-order valence-electron chi connectivity index (χ3n) is 2.16. The molecule has 16 heavy (non-hydrogen) atoms. The lowest BCUT2D eigenvalue weighted by atomic mass is 10.3. The Kier molecular flexibility index (Phi) is 2.40. The highest BCUT2D eigenvalue weighted by molar-refractivity contribution is 5.84. The Bertz CT molecular complexity index is 533. The molecule has 82 valence electrons. The second kappa shape index (κ2) is 3.73. The molecule has 5 nitrogen and oxygen atoms in total. The van der Waals surface area contributed by atoms with Crippen molar-refractivity contribution in [3.05, 3.63) is 41.5 Å². The summed E-state index contributed by atoms with van der Waals surface area (Å²) in [5.74, 6) is -1.76. The number of benzene rings is 1. The lowest BCUT2D eigenvalue weighted by molar-refractivity contribution is -0.255. The number of halogens is 1. The van der Waals surface area contributed by atoms with Crippen LogP contribution >= 0.6 is 0 Å². The van der Waals surface area contributed by atoms with Gasteiger partial charge in [-0.25, -0.2) is 9.07 Å². The number of rotatable bonds is 2. The number of carboxylic acid groups (broad SMARTS) is 1. The van der Waals surface area contributed by atoms with Crippen molar-refractivity contribution in [3.63, 3.8) is 0 Å². The van der Waals surface area contributed by atoms with E-state index in [1.807, 2.05) is 0 Å². The van der Waals surface area contributed by atoms with Gasteiger partial charge < -0.3 is 9.90 Å². The van der Waals surface area contributed by atoms with E-state index in [4.69, 9.17) is 0 Å². The average Bonchev–Trinajstić information content (AvgIpc) is 2.61. The maximum atomic E-state index is 12.7. The summed E-state index contributed by atoms with van der Waals surface area (Å²) in [5, 5.41) is 17.8. The third-order valence-corrected chi connectivity index (χ3v) is 2.16. The molecule has 0 unspecified atom stereocenters. The molecule has 0 saturated heterocycles. The van der Waals surface area contributed by atoms with Gasteiger partial charge in [0.2, 0.25) is 0 Å². The average molecular weight is 220 g/mol. The van der Waals surface area contributed by atoms with E-state index in [-0.39, 0.29) is 11.5 Å². The Morgan fingerprint density at radius 3 is 2.50 bits per heavy atom. The van der Waals surface area contributed by atoms with Crippen molar-refractivity contribution in [1.82, 2.24) is 15.0 Å². The minimum Gasteiger partial charge on any atom is -0.543 e. The molecule has 0 bridgehead atoms.